The molecule has 4 rings (SSSR count). The average Bonchev–Trinajstić information content (AvgIpc) is 3.22. The van der Waals surface area contributed by atoms with Gasteiger partial charge in [0.2, 0.25) is 5.88 Å². The molecule has 0 aliphatic heterocycles. The van der Waals surface area contributed by atoms with Gasteiger partial charge in [-0.1, -0.05) is 0 Å². The van der Waals surface area contributed by atoms with Crippen LogP contribution in [0.25, 0.3) is 10.2 Å². The largest absolute Gasteiger partial charge is 0.474 e. The molecule has 2 aliphatic carbocycles. The summed E-state index contributed by atoms with van der Waals surface area (Å²) in [4.78, 5) is 11.6. The fourth-order valence-corrected chi connectivity index (χ4v) is 5.72. The molecule has 5 nitrogen and oxygen atoms in total. The van der Waals surface area contributed by atoms with E-state index in [1.54, 1.807) is 13.4 Å². The van der Waals surface area contributed by atoms with E-state index in [0.717, 1.165) is 36.4 Å². The van der Waals surface area contributed by atoms with E-state index in [4.69, 9.17) is 9.47 Å². The van der Waals surface area contributed by atoms with Crippen molar-refractivity contribution < 1.29 is 9.47 Å². The summed E-state index contributed by atoms with van der Waals surface area (Å²) in [6, 6.07) is 0.630. The van der Waals surface area contributed by atoms with Crippen molar-refractivity contribution in [1.82, 2.24) is 15.3 Å². The molecule has 26 heavy (non-hydrogen) atoms. The maximum absolute atomic E-state index is 6.42. The van der Waals surface area contributed by atoms with Crippen LogP contribution in [0.4, 0.5) is 0 Å². The van der Waals surface area contributed by atoms with E-state index in [9.17, 15) is 0 Å². The zero-order valence-electron chi connectivity index (χ0n) is 16.0. The number of hydrogen-bond donors (Lipinski definition) is 1. The van der Waals surface area contributed by atoms with Crippen LogP contribution in [0.5, 0.6) is 5.88 Å². The lowest BCUT2D eigenvalue weighted by Crippen LogP contribution is -2.34. The van der Waals surface area contributed by atoms with E-state index in [0.29, 0.717) is 12.0 Å². The van der Waals surface area contributed by atoms with Crippen molar-refractivity contribution in [3.8, 4) is 5.88 Å². The van der Waals surface area contributed by atoms with Gasteiger partial charge in [0.15, 0.2) is 0 Å². The highest BCUT2D eigenvalue weighted by Gasteiger charge is 2.32. The minimum atomic E-state index is 0.269. The first-order valence-corrected chi connectivity index (χ1v) is 10.6. The maximum atomic E-state index is 6.42. The first kappa shape index (κ1) is 18.1. The fraction of sp³-hybridized carbons (Fsp3) is 0.700. The SMILES string of the molecule is CN[C@H]1CC[C@H](Oc2ncnc3sc4c(c23)[C@@H](CC(C)OC)CC4)CC1. The van der Waals surface area contributed by atoms with Crippen LogP contribution in [0.15, 0.2) is 6.33 Å². The normalized spacial score (nSPS) is 26.8. The van der Waals surface area contributed by atoms with Crippen molar-refractivity contribution in [2.24, 2.45) is 0 Å². The molecule has 2 aromatic heterocycles. The molecule has 2 heterocycles. The number of hydrogen-bond acceptors (Lipinski definition) is 6. The molecule has 1 N–H and O–H groups in total. The number of aryl methyl sites for hydroxylation is 1. The Morgan fingerprint density at radius 2 is 2.04 bits per heavy atom. The van der Waals surface area contributed by atoms with Crippen molar-refractivity contribution in [1.29, 1.82) is 0 Å². The van der Waals surface area contributed by atoms with Crippen LogP contribution >= 0.6 is 11.3 Å². The second-order valence-electron chi connectivity index (χ2n) is 7.70. The van der Waals surface area contributed by atoms with Gasteiger partial charge in [-0.15, -0.1) is 11.3 Å². The number of fused-ring (bicyclic) bond motifs is 3. The Hall–Kier alpha value is -1.24. The molecule has 2 aromatic rings. The lowest BCUT2D eigenvalue weighted by atomic mass is 9.93. The first-order chi connectivity index (χ1) is 12.7. The number of nitrogens with zero attached hydrogens (tertiary/aromatic N) is 2. The molecule has 1 fully saturated rings. The molecule has 0 bridgehead atoms. The van der Waals surface area contributed by atoms with Crippen LogP contribution < -0.4 is 10.1 Å². The minimum absolute atomic E-state index is 0.269. The monoisotopic (exact) mass is 375 g/mol. The van der Waals surface area contributed by atoms with Gasteiger partial charge < -0.3 is 14.8 Å². The van der Waals surface area contributed by atoms with Crippen LogP contribution in [0.3, 0.4) is 0 Å². The Morgan fingerprint density at radius 3 is 2.77 bits per heavy atom. The molecular weight excluding hydrogens is 346 g/mol. The Kier molecular flexibility index (Phi) is 5.43. The van der Waals surface area contributed by atoms with Gasteiger partial charge in [0, 0.05) is 18.0 Å². The molecule has 1 saturated carbocycles. The van der Waals surface area contributed by atoms with Crippen molar-refractivity contribution in [3.63, 3.8) is 0 Å². The summed E-state index contributed by atoms with van der Waals surface area (Å²) >= 11 is 1.82. The molecule has 1 unspecified atom stereocenters. The maximum Gasteiger partial charge on any atom is 0.225 e. The van der Waals surface area contributed by atoms with E-state index >= 15 is 0 Å². The highest BCUT2D eigenvalue weighted by atomic mass is 32.1. The van der Waals surface area contributed by atoms with E-state index in [1.165, 1.54) is 35.1 Å². The van der Waals surface area contributed by atoms with Crippen molar-refractivity contribution in [2.45, 2.75) is 76.0 Å². The molecule has 0 saturated heterocycles. The molecule has 2 aliphatic rings. The third kappa shape index (κ3) is 3.47. The second-order valence-corrected chi connectivity index (χ2v) is 8.78. The number of rotatable bonds is 6. The molecule has 0 amide bonds. The van der Waals surface area contributed by atoms with E-state index in [2.05, 4.69) is 29.3 Å². The average molecular weight is 376 g/mol. The lowest BCUT2D eigenvalue weighted by Gasteiger charge is -2.28. The number of ether oxygens (including phenoxy) is 2. The Labute approximate surface area is 159 Å². The van der Waals surface area contributed by atoms with Crippen LogP contribution in [-0.4, -0.2) is 42.4 Å². The number of nitrogens with one attached hydrogen (secondary N) is 1. The third-order valence-electron chi connectivity index (χ3n) is 6.08. The van der Waals surface area contributed by atoms with Gasteiger partial charge in [0.05, 0.1) is 11.5 Å². The quantitative estimate of drug-likeness (QED) is 0.825. The predicted molar refractivity (Wildman–Crippen MR) is 105 cm³/mol. The number of aromatic nitrogens is 2. The number of methoxy groups -OCH3 is 1. The van der Waals surface area contributed by atoms with Gasteiger partial charge >= 0.3 is 0 Å². The topological polar surface area (TPSA) is 56.3 Å². The van der Waals surface area contributed by atoms with Crippen molar-refractivity contribution in [2.75, 3.05) is 14.2 Å². The van der Waals surface area contributed by atoms with Crippen LogP contribution in [-0.2, 0) is 11.2 Å². The molecule has 0 aromatic carbocycles. The van der Waals surface area contributed by atoms with E-state index in [-0.39, 0.29) is 12.2 Å². The molecular formula is C20H29N3O2S. The summed E-state index contributed by atoms with van der Waals surface area (Å²) < 4.78 is 11.9. The fourth-order valence-electron chi connectivity index (χ4n) is 4.49. The summed E-state index contributed by atoms with van der Waals surface area (Å²) in [7, 11) is 3.85. The molecule has 142 valence electrons. The van der Waals surface area contributed by atoms with Crippen LogP contribution in [0, 0.1) is 0 Å². The Morgan fingerprint density at radius 1 is 1.23 bits per heavy atom. The lowest BCUT2D eigenvalue weighted by molar-refractivity contribution is 0.104. The van der Waals surface area contributed by atoms with Crippen LogP contribution in [0.1, 0.15) is 61.8 Å². The molecule has 0 radical (unpaired) electrons. The summed E-state index contributed by atoms with van der Waals surface area (Å²) in [5.74, 6) is 1.33. The van der Waals surface area contributed by atoms with Gasteiger partial charge in [0.1, 0.15) is 17.3 Å². The van der Waals surface area contributed by atoms with Crippen LogP contribution in [0.2, 0.25) is 0 Å². The standard InChI is InChI=1S/C20H29N3O2S/c1-12(24-3)10-13-4-9-16-17(13)18-19(22-11-23-20(18)26-16)25-15-7-5-14(21-2)6-8-15/h11-15,21H,4-10H2,1-3H3/t12?,13-,14-,15-/m1/s1. The smallest absolute Gasteiger partial charge is 0.225 e. The summed E-state index contributed by atoms with van der Waals surface area (Å²) in [5.41, 5.74) is 1.44. The zero-order chi connectivity index (χ0) is 18.1. The number of thiophene rings is 1. The highest BCUT2D eigenvalue weighted by molar-refractivity contribution is 7.19. The highest BCUT2D eigenvalue weighted by Crippen LogP contribution is 2.47. The van der Waals surface area contributed by atoms with E-state index in [1.807, 2.05) is 11.3 Å². The molecule has 2 atom stereocenters. The van der Waals surface area contributed by atoms with Gasteiger partial charge in [-0.05, 0) is 70.4 Å². The summed E-state index contributed by atoms with van der Waals surface area (Å²) in [6.45, 7) is 2.15. The van der Waals surface area contributed by atoms with Crippen molar-refractivity contribution >= 4 is 21.6 Å². The van der Waals surface area contributed by atoms with Crippen molar-refractivity contribution in [3.05, 3.63) is 16.8 Å². The van der Waals surface area contributed by atoms with Gasteiger partial charge in [-0.2, -0.15) is 0 Å². The van der Waals surface area contributed by atoms with Gasteiger partial charge in [0.25, 0.3) is 0 Å². The molecule has 6 heteroatoms. The van der Waals surface area contributed by atoms with Gasteiger partial charge in [-0.3, -0.25) is 0 Å². The second kappa shape index (κ2) is 7.79. The van der Waals surface area contributed by atoms with E-state index < -0.39 is 0 Å². The Bertz CT molecular complexity index is 755. The first-order valence-electron chi connectivity index (χ1n) is 9.82. The minimum Gasteiger partial charge on any atom is -0.474 e. The summed E-state index contributed by atoms with van der Waals surface area (Å²) in [5, 5.41) is 4.56. The predicted octanol–water partition coefficient (Wildman–Crippen LogP) is 4.06. The Balaban J connectivity index is 1.60. The molecule has 0 spiro atoms. The summed E-state index contributed by atoms with van der Waals surface area (Å²) in [6.07, 6.45) is 10.1. The zero-order valence-corrected chi connectivity index (χ0v) is 16.8. The van der Waals surface area contributed by atoms with Gasteiger partial charge in [-0.25, -0.2) is 9.97 Å². The third-order valence-corrected chi connectivity index (χ3v) is 7.25.